The van der Waals surface area contributed by atoms with Crippen LogP contribution in [0.4, 0.5) is 0 Å². The highest BCUT2D eigenvalue weighted by atomic mass is 16.7. The van der Waals surface area contributed by atoms with E-state index in [9.17, 15) is 5.26 Å². The van der Waals surface area contributed by atoms with Gasteiger partial charge in [-0.15, -0.1) is 0 Å². The predicted molar refractivity (Wildman–Crippen MR) is 111 cm³/mol. The monoisotopic (exact) mass is 385 g/mol. The lowest BCUT2D eigenvalue weighted by Crippen LogP contribution is -2.38. The van der Waals surface area contributed by atoms with E-state index in [0.717, 1.165) is 19.4 Å². The molecule has 0 aromatic rings. The van der Waals surface area contributed by atoms with Crippen LogP contribution in [0.3, 0.4) is 0 Å². The van der Waals surface area contributed by atoms with E-state index in [1.165, 1.54) is 24.0 Å². The molecule has 3 rings (SSSR count). The maximum absolute atomic E-state index is 10.0. The summed E-state index contributed by atoms with van der Waals surface area (Å²) in [5, 5.41) is 10.0. The van der Waals surface area contributed by atoms with Gasteiger partial charge in [0, 0.05) is 18.9 Å². The third-order valence-electron chi connectivity index (χ3n) is 6.71. The smallest absolute Gasteiger partial charge is 0.179 e. The van der Waals surface area contributed by atoms with Gasteiger partial charge in [-0.3, -0.25) is 0 Å². The van der Waals surface area contributed by atoms with Gasteiger partial charge in [-0.05, 0) is 70.4 Å². The quantitative estimate of drug-likeness (QED) is 0.476. The van der Waals surface area contributed by atoms with Crippen molar-refractivity contribution in [1.82, 2.24) is 0 Å². The minimum atomic E-state index is -1.00. The molecule has 1 fully saturated rings. The van der Waals surface area contributed by atoms with E-state index in [1.54, 1.807) is 5.57 Å². The summed E-state index contributed by atoms with van der Waals surface area (Å²) in [4.78, 5) is 0. The molecule has 2 aliphatic carbocycles. The SMILES string of the molecule is CCOC(C)OC1(C#N)/C=C/C[C@H]2OCC(C)=C3CC[C@@](C)(C/C=C(/C)C1)[C@@H]32. The number of nitrogens with zero attached hydrogens (tertiary/aromatic N) is 1. The molecule has 0 saturated heterocycles. The number of hydrogen-bond acceptors (Lipinski definition) is 4. The van der Waals surface area contributed by atoms with Crippen LogP contribution in [-0.2, 0) is 14.2 Å². The first-order valence-corrected chi connectivity index (χ1v) is 10.7. The highest BCUT2D eigenvalue weighted by molar-refractivity contribution is 5.30. The van der Waals surface area contributed by atoms with Gasteiger partial charge in [-0.2, -0.15) is 5.26 Å². The van der Waals surface area contributed by atoms with E-state index in [1.807, 2.05) is 19.9 Å². The minimum Gasteiger partial charge on any atom is -0.373 e. The number of hydrogen-bond donors (Lipinski definition) is 0. The topological polar surface area (TPSA) is 51.5 Å². The van der Waals surface area contributed by atoms with Crippen LogP contribution in [0.1, 0.15) is 66.7 Å². The lowest BCUT2D eigenvalue weighted by Gasteiger charge is -2.40. The molecular formula is C24H35NO3. The lowest BCUT2D eigenvalue weighted by atomic mass is 9.71. The van der Waals surface area contributed by atoms with Crippen molar-refractivity contribution in [2.45, 2.75) is 84.7 Å². The molecule has 1 heterocycles. The van der Waals surface area contributed by atoms with E-state index in [0.29, 0.717) is 18.9 Å². The maximum Gasteiger partial charge on any atom is 0.179 e. The van der Waals surface area contributed by atoms with Crippen molar-refractivity contribution >= 4 is 0 Å². The molecule has 5 atom stereocenters. The third kappa shape index (κ3) is 4.27. The summed E-state index contributed by atoms with van der Waals surface area (Å²) in [6, 6.07) is 2.42. The summed E-state index contributed by atoms with van der Waals surface area (Å²) in [5.74, 6) is 0.466. The Morgan fingerprint density at radius 3 is 2.89 bits per heavy atom. The van der Waals surface area contributed by atoms with Gasteiger partial charge in [0.15, 0.2) is 11.9 Å². The maximum atomic E-state index is 10.0. The molecule has 1 aliphatic heterocycles. The second-order valence-electron chi connectivity index (χ2n) is 9.00. The fraction of sp³-hybridized carbons (Fsp3) is 0.708. The predicted octanol–water partition coefficient (Wildman–Crippen LogP) is 5.47. The van der Waals surface area contributed by atoms with Crippen LogP contribution in [0.25, 0.3) is 0 Å². The fourth-order valence-electron chi connectivity index (χ4n) is 5.25. The summed E-state index contributed by atoms with van der Waals surface area (Å²) < 4.78 is 17.9. The van der Waals surface area contributed by atoms with E-state index in [-0.39, 0.29) is 11.5 Å². The molecular weight excluding hydrogens is 350 g/mol. The molecule has 28 heavy (non-hydrogen) atoms. The summed E-state index contributed by atoms with van der Waals surface area (Å²) in [6.07, 6.45) is 10.9. The summed E-state index contributed by atoms with van der Waals surface area (Å²) in [5.41, 5.74) is 3.45. The highest BCUT2D eigenvalue weighted by Gasteiger charge is 2.48. The Morgan fingerprint density at radius 2 is 2.18 bits per heavy atom. The van der Waals surface area contributed by atoms with Crippen LogP contribution in [-0.4, -0.2) is 31.2 Å². The van der Waals surface area contributed by atoms with Crippen molar-refractivity contribution in [2.75, 3.05) is 13.2 Å². The van der Waals surface area contributed by atoms with Crippen LogP contribution in [0.5, 0.6) is 0 Å². The average molecular weight is 386 g/mol. The fourth-order valence-corrected chi connectivity index (χ4v) is 5.25. The Kier molecular flexibility index (Phi) is 6.49. The zero-order chi connectivity index (χ0) is 20.4. The van der Waals surface area contributed by atoms with Gasteiger partial charge in [0.2, 0.25) is 0 Å². The van der Waals surface area contributed by atoms with Crippen LogP contribution < -0.4 is 0 Å². The standard InChI is InChI=1S/C24H35NO3/c1-6-26-19(4)28-24(16-25)11-7-8-21-22-20(18(3)15-27-21)10-13-23(22,5)12-9-17(2)14-24/h7,9,11,19,21-22H,6,8,10,12-15H2,1-5H3/b11-7+,17-9-/t19?,21-,22+,23-,24?/m1/s1. The molecule has 0 spiro atoms. The zero-order valence-electron chi connectivity index (χ0n) is 18.1. The first kappa shape index (κ1) is 21.3. The lowest BCUT2D eigenvalue weighted by molar-refractivity contribution is -0.166. The molecule has 1 saturated carbocycles. The van der Waals surface area contributed by atoms with Crippen molar-refractivity contribution in [3.63, 3.8) is 0 Å². The van der Waals surface area contributed by atoms with E-state index in [4.69, 9.17) is 14.2 Å². The summed E-state index contributed by atoms with van der Waals surface area (Å²) >= 11 is 0. The van der Waals surface area contributed by atoms with Crippen LogP contribution >= 0.6 is 0 Å². The van der Waals surface area contributed by atoms with Gasteiger partial charge in [0.25, 0.3) is 0 Å². The first-order valence-electron chi connectivity index (χ1n) is 10.7. The van der Waals surface area contributed by atoms with Crippen molar-refractivity contribution in [3.8, 4) is 6.07 Å². The second kappa shape index (κ2) is 8.53. The molecule has 0 radical (unpaired) electrons. The minimum absolute atomic E-state index is 0.176. The molecule has 2 unspecified atom stereocenters. The zero-order valence-corrected chi connectivity index (χ0v) is 18.1. The van der Waals surface area contributed by atoms with E-state index >= 15 is 0 Å². The molecule has 0 aromatic heterocycles. The third-order valence-corrected chi connectivity index (χ3v) is 6.71. The normalized spacial score (nSPS) is 39.9. The second-order valence-corrected chi connectivity index (χ2v) is 9.00. The summed E-state index contributed by atoms with van der Waals surface area (Å²) in [7, 11) is 0. The molecule has 0 N–H and O–H groups in total. The molecule has 4 heteroatoms. The number of allylic oxidation sites excluding steroid dienone is 1. The Bertz CT molecular complexity index is 716. The van der Waals surface area contributed by atoms with Crippen LogP contribution in [0.15, 0.2) is 34.9 Å². The highest BCUT2D eigenvalue weighted by Crippen LogP contribution is 2.54. The van der Waals surface area contributed by atoms with Crippen LogP contribution in [0, 0.1) is 22.7 Å². The van der Waals surface area contributed by atoms with Gasteiger partial charge in [-0.1, -0.05) is 30.2 Å². The van der Waals surface area contributed by atoms with Gasteiger partial charge in [0.05, 0.1) is 12.7 Å². The molecule has 0 aromatic carbocycles. The Balaban J connectivity index is 1.94. The number of nitriles is 1. The number of ether oxygens (including phenoxy) is 3. The molecule has 4 nitrogen and oxygen atoms in total. The molecule has 154 valence electrons. The van der Waals surface area contributed by atoms with Gasteiger partial charge in [0.1, 0.15) is 6.07 Å². The Hall–Kier alpha value is -1.41. The summed E-state index contributed by atoms with van der Waals surface area (Å²) in [6.45, 7) is 11.8. The van der Waals surface area contributed by atoms with E-state index in [2.05, 4.69) is 39.0 Å². The van der Waals surface area contributed by atoms with Crippen molar-refractivity contribution in [1.29, 1.82) is 5.26 Å². The molecule has 0 amide bonds. The largest absolute Gasteiger partial charge is 0.373 e. The Labute approximate surface area is 170 Å². The van der Waals surface area contributed by atoms with Crippen molar-refractivity contribution in [3.05, 3.63) is 34.9 Å². The molecule has 0 bridgehead atoms. The van der Waals surface area contributed by atoms with Crippen molar-refractivity contribution < 1.29 is 14.2 Å². The van der Waals surface area contributed by atoms with Gasteiger partial charge < -0.3 is 14.2 Å². The van der Waals surface area contributed by atoms with Gasteiger partial charge >= 0.3 is 0 Å². The Morgan fingerprint density at radius 1 is 1.39 bits per heavy atom. The van der Waals surface area contributed by atoms with E-state index < -0.39 is 11.9 Å². The van der Waals surface area contributed by atoms with Gasteiger partial charge in [-0.25, -0.2) is 0 Å². The van der Waals surface area contributed by atoms with Crippen LogP contribution in [0.2, 0.25) is 0 Å². The molecule has 3 aliphatic rings. The average Bonchev–Trinajstić information content (AvgIpc) is 3.00. The first-order chi connectivity index (χ1) is 13.3. The van der Waals surface area contributed by atoms with Crippen molar-refractivity contribution in [2.24, 2.45) is 11.3 Å². The number of rotatable bonds is 4.